The lowest BCUT2D eigenvalue weighted by atomic mass is 9.34. The number of carboxylic acids is 1. The van der Waals surface area contributed by atoms with Crippen LogP contribution in [0.1, 0.15) is 132 Å². The van der Waals surface area contributed by atoms with Crippen molar-refractivity contribution in [1.29, 1.82) is 0 Å². The molecule has 4 fully saturated rings. The molecule has 56 heavy (non-hydrogen) atoms. The number of amides is 1. The molecule has 0 aromatic heterocycles. The highest BCUT2D eigenvalue weighted by atomic mass is 16.5. The molecule has 0 saturated heterocycles. The van der Waals surface area contributed by atoms with Crippen molar-refractivity contribution in [2.45, 2.75) is 145 Å². The fourth-order valence-electron chi connectivity index (χ4n) is 13.2. The Labute approximate surface area is 335 Å². The van der Waals surface area contributed by atoms with Crippen molar-refractivity contribution in [3.05, 3.63) is 47.0 Å². The van der Waals surface area contributed by atoms with Crippen LogP contribution >= 0.6 is 0 Å². The van der Waals surface area contributed by atoms with Gasteiger partial charge in [-0.1, -0.05) is 77.4 Å². The van der Waals surface area contributed by atoms with Crippen molar-refractivity contribution in [3.63, 3.8) is 0 Å². The molecule has 0 heterocycles. The lowest BCUT2D eigenvalue weighted by Crippen LogP contribution is -2.63. The maximum Gasteiger partial charge on any atom is 0.309 e. The summed E-state index contributed by atoms with van der Waals surface area (Å²) in [6, 6.07) is 9.81. The van der Waals surface area contributed by atoms with Gasteiger partial charge in [-0.15, -0.1) is 0 Å². The Balaban J connectivity index is 1.21. The van der Waals surface area contributed by atoms with Gasteiger partial charge in [0.1, 0.15) is 6.10 Å². The van der Waals surface area contributed by atoms with E-state index >= 15 is 0 Å². The van der Waals surface area contributed by atoms with Gasteiger partial charge >= 0.3 is 11.9 Å². The standard InChI is InChI=1S/C47H69NO8/c1-28(2)40-41-32(33(42(40)53)19-23-48(38(51)24-31(50)27-49)26-30-12-10-9-11-13-30)16-21-46(7)35(41)14-15-37-45(6)20-18-36(29(3)34(45)17-22-47(37,46)8)56-39(52)25-44(4,5)43(54)55/h9-13,28-29,31-37,49-50H,14-27H2,1-8H3,(H,54,55)/t29?,31-,32?,33-,34?,35+,36-,37?,45-,46+,47+/m0/s1. The minimum atomic E-state index is -1.16. The third-order valence-electron chi connectivity index (χ3n) is 16.5. The normalized spacial score (nSPS) is 35.9. The van der Waals surface area contributed by atoms with Gasteiger partial charge in [-0.3, -0.25) is 19.2 Å². The lowest BCUT2D eigenvalue weighted by Gasteiger charge is -2.70. The molecule has 1 aromatic carbocycles. The molecule has 6 rings (SSSR count). The number of aliphatic hydroxyl groups excluding tert-OH is 2. The molecule has 5 aliphatic rings. The number of benzene rings is 1. The molecule has 0 aliphatic heterocycles. The first-order chi connectivity index (χ1) is 26.3. The second-order valence-corrected chi connectivity index (χ2v) is 20.2. The number of allylic oxidation sites excluding steroid dienone is 2. The number of esters is 1. The second kappa shape index (κ2) is 16.0. The van der Waals surface area contributed by atoms with Crippen molar-refractivity contribution in [1.82, 2.24) is 4.90 Å². The van der Waals surface area contributed by atoms with Crippen LogP contribution in [0.4, 0.5) is 0 Å². The highest BCUT2D eigenvalue weighted by Crippen LogP contribution is 2.74. The molecule has 0 spiro atoms. The highest BCUT2D eigenvalue weighted by molar-refractivity contribution is 6.01. The number of hydrogen-bond donors (Lipinski definition) is 3. The number of ketones is 1. The van der Waals surface area contributed by atoms with E-state index in [2.05, 4.69) is 41.5 Å². The van der Waals surface area contributed by atoms with E-state index in [0.717, 1.165) is 62.5 Å². The first-order valence-corrected chi connectivity index (χ1v) is 21.6. The molecule has 0 bridgehead atoms. The van der Waals surface area contributed by atoms with Crippen molar-refractivity contribution in [3.8, 4) is 0 Å². The average Bonchev–Trinajstić information content (AvgIpc) is 3.42. The number of fused-ring (bicyclic) bond motifs is 7. The van der Waals surface area contributed by atoms with Gasteiger partial charge in [0.2, 0.25) is 5.91 Å². The Hall–Kier alpha value is -3.04. The molecule has 310 valence electrons. The van der Waals surface area contributed by atoms with Crippen LogP contribution < -0.4 is 0 Å². The van der Waals surface area contributed by atoms with Crippen LogP contribution in [0.2, 0.25) is 0 Å². The summed E-state index contributed by atoms with van der Waals surface area (Å²) in [6.07, 6.45) is 7.15. The van der Waals surface area contributed by atoms with Crippen molar-refractivity contribution in [2.24, 2.45) is 63.1 Å². The maximum absolute atomic E-state index is 14.6. The van der Waals surface area contributed by atoms with E-state index in [-0.39, 0.29) is 70.6 Å². The lowest BCUT2D eigenvalue weighted by molar-refractivity contribution is -0.213. The Morgan fingerprint density at radius 3 is 2.29 bits per heavy atom. The van der Waals surface area contributed by atoms with Gasteiger partial charge in [-0.2, -0.15) is 0 Å². The topological polar surface area (TPSA) is 141 Å². The maximum atomic E-state index is 14.6. The molecule has 9 heteroatoms. The van der Waals surface area contributed by atoms with E-state index in [1.54, 1.807) is 18.7 Å². The Kier molecular flexibility index (Phi) is 12.1. The monoisotopic (exact) mass is 776 g/mol. The minimum Gasteiger partial charge on any atom is -0.481 e. The molecule has 5 aliphatic carbocycles. The summed E-state index contributed by atoms with van der Waals surface area (Å²) < 4.78 is 6.07. The molecule has 0 radical (unpaired) electrons. The van der Waals surface area contributed by atoms with Crippen molar-refractivity contribution < 1.29 is 39.2 Å². The van der Waals surface area contributed by atoms with Gasteiger partial charge in [0, 0.05) is 19.0 Å². The summed E-state index contributed by atoms with van der Waals surface area (Å²) in [5.74, 6) is 0.229. The first kappa shape index (κ1) is 42.6. The minimum absolute atomic E-state index is 0.0375. The summed E-state index contributed by atoms with van der Waals surface area (Å²) >= 11 is 0. The third kappa shape index (κ3) is 7.42. The number of Topliss-reactive ketones (excluding diaryl/α,β-unsaturated/α-hetero) is 1. The molecule has 3 N–H and O–H groups in total. The molecule has 11 atom stereocenters. The molecule has 4 unspecified atom stereocenters. The number of nitrogens with zero attached hydrogens (tertiary/aromatic N) is 1. The average molecular weight is 776 g/mol. The first-order valence-electron chi connectivity index (χ1n) is 21.6. The molecular formula is C47H69NO8. The molecular weight excluding hydrogens is 707 g/mol. The number of carboxylic acid groups (broad SMARTS) is 1. The predicted octanol–water partition coefficient (Wildman–Crippen LogP) is 8.01. The van der Waals surface area contributed by atoms with Crippen LogP contribution in [0.3, 0.4) is 0 Å². The van der Waals surface area contributed by atoms with Crippen LogP contribution in [0.15, 0.2) is 41.5 Å². The zero-order valence-corrected chi connectivity index (χ0v) is 35.3. The number of ether oxygens (including phenoxy) is 1. The Morgan fingerprint density at radius 1 is 0.964 bits per heavy atom. The van der Waals surface area contributed by atoms with E-state index in [1.807, 2.05) is 30.3 Å². The predicted molar refractivity (Wildman–Crippen MR) is 215 cm³/mol. The van der Waals surface area contributed by atoms with Gasteiger partial charge in [-0.05, 0) is 135 Å². The molecule has 1 amide bonds. The zero-order valence-electron chi connectivity index (χ0n) is 35.3. The molecule has 1 aromatic rings. The molecule has 9 nitrogen and oxygen atoms in total. The van der Waals surface area contributed by atoms with E-state index in [9.17, 15) is 34.5 Å². The number of hydrogen-bond acceptors (Lipinski definition) is 7. The van der Waals surface area contributed by atoms with E-state index in [4.69, 9.17) is 4.74 Å². The zero-order chi connectivity index (χ0) is 41.0. The number of aliphatic carboxylic acids is 1. The number of rotatable bonds is 13. The van der Waals surface area contributed by atoms with Gasteiger partial charge < -0.3 is 25.0 Å². The van der Waals surface area contributed by atoms with E-state index in [1.165, 1.54) is 5.57 Å². The smallest absolute Gasteiger partial charge is 0.309 e. The van der Waals surface area contributed by atoms with Crippen LogP contribution in [0.5, 0.6) is 0 Å². The molecule has 4 saturated carbocycles. The van der Waals surface area contributed by atoms with Crippen LogP contribution in [0, 0.1) is 63.1 Å². The van der Waals surface area contributed by atoms with Crippen LogP contribution in [-0.2, 0) is 30.5 Å². The van der Waals surface area contributed by atoms with Crippen LogP contribution in [0.25, 0.3) is 0 Å². The summed E-state index contributed by atoms with van der Waals surface area (Å²) in [5, 5.41) is 29.2. The Morgan fingerprint density at radius 2 is 1.64 bits per heavy atom. The Bertz CT molecular complexity index is 1690. The van der Waals surface area contributed by atoms with E-state index < -0.39 is 30.1 Å². The van der Waals surface area contributed by atoms with Gasteiger partial charge in [0.05, 0.1) is 31.0 Å². The van der Waals surface area contributed by atoms with Crippen molar-refractivity contribution in [2.75, 3.05) is 13.2 Å². The SMILES string of the molecule is CC(C)C1=C2C(CC[C@]3(C)[C@@H]2CCC2[C@@]4(C)CC[C@H](OC(=O)CC(C)(C)C(=O)O)C(C)C4CC[C@]23C)[C@H](CCN(Cc2ccccc2)C(=O)C[C@H](O)CO)C1=O. The summed E-state index contributed by atoms with van der Waals surface area (Å²) in [5.41, 5.74) is 2.51. The largest absolute Gasteiger partial charge is 0.481 e. The summed E-state index contributed by atoms with van der Waals surface area (Å²) in [4.78, 5) is 54.5. The van der Waals surface area contributed by atoms with E-state index in [0.29, 0.717) is 37.3 Å². The fourth-order valence-corrected chi connectivity index (χ4v) is 13.2. The van der Waals surface area contributed by atoms with Gasteiger partial charge in [0.25, 0.3) is 0 Å². The van der Waals surface area contributed by atoms with Crippen molar-refractivity contribution >= 4 is 23.6 Å². The summed E-state index contributed by atoms with van der Waals surface area (Å²) in [6.45, 7) is 17.7. The number of carbonyl (C=O) groups excluding carboxylic acids is 3. The van der Waals surface area contributed by atoms with Crippen LogP contribution in [-0.4, -0.2) is 69.2 Å². The van der Waals surface area contributed by atoms with Gasteiger partial charge in [-0.25, -0.2) is 0 Å². The second-order valence-electron chi connectivity index (χ2n) is 20.2. The summed E-state index contributed by atoms with van der Waals surface area (Å²) in [7, 11) is 0. The quantitative estimate of drug-likeness (QED) is 0.171. The number of carbonyl (C=O) groups is 4. The number of aliphatic hydroxyl groups is 2. The highest BCUT2D eigenvalue weighted by Gasteiger charge is 2.68. The fraction of sp³-hybridized carbons (Fsp3) is 0.745. The van der Waals surface area contributed by atoms with Gasteiger partial charge in [0.15, 0.2) is 5.78 Å². The third-order valence-corrected chi connectivity index (χ3v) is 16.5.